The van der Waals surface area contributed by atoms with E-state index in [0.717, 1.165) is 88.4 Å². The van der Waals surface area contributed by atoms with Gasteiger partial charge in [0, 0.05) is 71.0 Å². The Hall–Kier alpha value is -2.55. The standard InChI is InChI=1S/C24H36N4O4/c1-29-15-5-17-32-23-7-2-6-21(20-23)27-24(26-11-9-22-8-3-16-31-22)25-10-4-12-28-13-18-30-19-14-28/h2-3,6-8,16,20H,4-5,9-15,17-19H2,1H3,(H2,25,26,27). The monoisotopic (exact) mass is 444 g/mol. The van der Waals surface area contributed by atoms with Crippen molar-refractivity contribution in [1.82, 2.24) is 10.2 Å². The Bertz CT molecular complexity index is 776. The molecule has 1 fully saturated rings. The first-order valence-electron chi connectivity index (χ1n) is 11.4. The summed E-state index contributed by atoms with van der Waals surface area (Å²) < 4.78 is 21.7. The van der Waals surface area contributed by atoms with Crippen molar-refractivity contribution in [3.8, 4) is 5.75 Å². The zero-order valence-corrected chi connectivity index (χ0v) is 19.1. The maximum Gasteiger partial charge on any atom is 0.195 e. The molecule has 2 heterocycles. The highest BCUT2D eigenvalue weighted by molar-refractivity contribution is 5.93. The first-order chi connectivity index (χ1) is 15.8. The molecule has 1 aliphatic rings. The molecule has 1 aromatic carbocycles. The number of anilines is 1. The molecule has 3 rings (SSSR count). The maximum absolute atomic E-state index is 5.82. The lowest BCUT2D eigenvalue weighted by Crippen LogP contribution is -2.37. The Labute approximate surface area is 190 Å². The SMILES string of the molecule is COCCCOc1cccc(NC(=NCCCN2CCOCC2)NCCc2ccco2)c1. The highest BCUT2D eigenvalue weighted by Crippen LogP contribution is 2.17. The second-order valence-corrected chi connectivity index (χ2v) is 7.64. The number of hydrogen-bond donors (Lipinski definition) is 2. The molecule has 0 saturated carbocycles. The van der Waals surface area contributed by atoms with Crippen molar-refractivity contribution in [1.29, 1.82) is 0 Å². The quantitative estimate of drug-likeness (QED) is 0.279. The minimum absolute atomic E-state index is 0.626. The Balaban J connectivity index is 1.51. The first kappa shape index (κ1) is 24.1. The summed E-state index contributed by atoms with van der Waals surface area (Å²) in [5, 5.41) is 6.82. The van der Waals surface area contributed by atoms with Gasteiger partial charge in [0.1, 0.15) is 11.5 Å². The van der Waals surface area contributed by atoms with Crippen LogP contribution in [0.3, 0.4) is 0 Å². The molecule has 0 radical (unpaired) electrons. The van der Waals surface area contributed by atoms with Crippen LogP contribution in [0.1, 0.15) is 18.6 Å². The third-order valence-corrected chi connectivity index (χ3v) is 5.11. The van der Waals surface area contributed by atoms with Gasteiger partial charge in [0.05, 0.1) is 26.1 Å². The number of rotatable bonds is 13. The fourth-order valence-electron chi connectivity index (χ4n) is 3.40. The van der Waals surface area contributed by atoms with Crippen molar-refractivity contribution in [3.63, 3.8) is 0 Å². The Morgan fingerprint density at radius 1 is 1.12 bits per heavy atom. The number of benzene rings is 1. The number of methoxy groups -OCH3 is 1. The number of aliphatic imine (C=N–C) groups is 1. The van der Waals surface area contributed by atoms with Crippen LogP contribution in [0, 0.1) is 0 Å². The van der Waals surface area contributed by atoms with Crippen LogP contribution in [-0.2, 0) is 15.9 Å². The van der Waals surface area contributed by atoms with E-state index in [4.69, 9.17) is 23.6 Å². The average Bonchev–Trinajstić information content (AvgIpc) is 3.34. The van der Waals surface area contributed by atoms with Gasteiger partial charge in [-0.1, -0.05) is 6.07 Å². The van der Waals surface area contributed by atoms with Gasteiger partial charge < -0.3 is 29.3 Å². The van der Waals surface area contributed by atoms with E-state index in [0.29, 0.717) is 13.2 Å². The van der Waals surface area contributed by atoms with Crippen LogP contribution < -0.4 is 15.4 Å². The highest BCUT2D eigenvalue weighted by Gasteiger charge is 2.09. The predicted molar refractivity (Wildman–Crippen MR) is 127 cm³/mol. The molecule has 0 spiro atoms. The van der Waals surface area contributed by atoms with E-state index in [2.05, 4.69) is 15.5 Å². The molecule has 2 aromatic rings. The molecular formula is C24H36N4O4. The van der Waals surface area contributed by atoms with Gasteiger partial charge in [0.25, 0.3) is 0 Å². The summed E-state index contributed by atoms with van der Waals surface area (Å²) in [6.07, 6.45) is 4.36. The smallest absolute Gasteiger partial charge is 0.195 e. The molecule has 8 heteroatoms. The molecule has 1 saturated heterocycles. The zero-order chi connectivity index (χ0) is 22.3. The van der Waals surface area contributed by atoms with Gasteiger partial charge in [-0.2, -0.15) is 0 Å². The van der Waals surface area contributed by atoms with Crippen LogP contribution in [0.5, 0.6) is 5.75 Å². The van der Waals surface area contributed by atoms with Gasteiger partial charge in [0.2, 0.25) is 0 Å². The number of ether oxygens (including phenoxy) is 3. The Morgan fingerprint density at radius 2 is 2.03 bits per heavy atom. The van der Waals surface area contributed by atoms with E-state index in [1.54, 1.807) is 13.4 Å². The van der Waals surface area contributed by atoms with Gasteiger partial charge in [-0.3, -0.25) is 9.89 Å². The van der Waals surface area contributed by atoms with Crippen molar-refractivity contribution in [2.45, 2.75) is 19.3 Å². The topological polar surface area (TPSA) is 80.5 Å². The summed E-state index contributed by atoms with van der Waals surface area (Å²) in [6.45, 7) is 7.51. The van der Waals surface area contributed by atoms with Crippen LogP contribution in [0.2, 0.25) is 0 Å². The zero-order valence-electron chi connectivity index (χ0n) is 19.1. The minimum Gasteiger partial charge on any atom is -0.493 e. The van der Waals surface area contributed by atoms with E-state index < -0.39 is 0 Å². The fourth-order valence-corrected chi connectivity index (χ4v) is 3.40. The van der Waals surface area contributed by atoms with Crippen molar-refractivity contribution in [3.05, 3.63) is 48.4 Å². The molecule has 1 aliphatic heterocycles. The second-order valence-electron chi connectivity index (χ2n) is 7.64. The molecule has 1 aromatic heterocycles. The summed E-state index contributed by atoms with van der Waals surface area (Å²) in [7, 11) is 1.70. The second kappa shape index (κ2) is 14.5. The lowest BCUT2D eigenvalue weighted by atomic mass is 10.3. The average molecular weight is 445 g/mol. The van der Waals surface area contributed by atoms with Gasteiger partial charge in [-0.15, -0.1) is 0 Å². The number of morpholine rings is 1. The van der Waals surface area contributed by atoms with Gasteiger partial charge in [-0.05, 0) is 30.7 Å². The lowest BCUT2D eigenvalue weighted by molar-refractivity contribution is 0.0377. The van der Waals surface area contributed by atoms with Crippen LogP contribution in [0.25, 0.3) is 0 Å². The van der Waals surface area contributed by atoms with Gasteiger partial charge in [-0.25, -0.2) is 0 Å². The summed E-state index contributed by atoms with van der Waals surface area (Å²) in [4.78, 5) is 7.22. The third-order valence-electron chi connectivity index (χ3n) is 5.11. The van der Waals surface area contributed by atoms with Gasteiger partial charge in [0.15, 0.2) is 5.96 Å². The van der Waals surface area contributed by atoms with E-state index in [1.165, 1.54) is 0 Å². The minimum atomic E-state index is 0.626. The van der Waals surface area contributed by atoms with E-state index in [9.17, 15) is 0 Å². The molecule has 2 N–H and O–H groups in total. The Kier molecular flexibility index (Phi) is 10.9. The molecule has 0 atom stereocenters. The van der Waals surface area contributed by atoms with Crippen LogP contribution in [0.4, 0.5) is 5.69 Å². The van der Waals surface area contributed by atoms with E-state index in [-0.39, 0.29) is 0 Å². The predicted octanol–water partition coefficient (Wildman–Crippen LogP) is 3.02. The molecule has 8 nitrogen and oxygen atoms in total. The maximum atomic E-state index is 5.82. The molecule has 0 aliphatic carbocycles. The van der Waals surface area contributed by atoms with Crippen molar-refractivity contribution < 1.29 is 18.6 Å². The van der Waals surface area contributed by atoms with Gasteiger partial charge >= 0.3 is 0 Å². The number of hydrogen-bond acceptors (Lipinski definition) is 6. The number of furan rings is 1. The summed E-state index contributed by atoms with van der Waals surface area (Å²) in [6, 6.07) is 11.8. The number of nitrogens with zero attached hydrogens (tertiary/aromatic N) is 2. The summed E-state index contributed by atoms with van der Waals surface area (Å²) in [5.41, 5.74) is 0.937. The van der Waals surface area contributed by atoms with Crippen LogP contribution >= 0.6 is 0 Å². The first-order valence-corrected chi connectivity index (χ1v) is 11.4. The molecule has 0 unspecified atom stereocenters. The molecular weight excluding hydrogens is 408 g/mol. The van der Waals surface area contributed by atoms with Crippen molar-refractivity contribution >= 4 is 11.6 Å². The van der Waals surface area contributed by atoms with Crippen molar-refractivity contribution in [2.75, 3.05) is 71.6 Å². The third kappa shape index (κ3) is 9.30. The lowest BCUT2D eigenvalue weighted by Gasteiger charge is -2.26. The van der Waals surface area contributed by atoms with Crippen LogP contribution in [0.15, 0.2) is 52.1 Å². The molecule has 176 valence electrons. The van der Waals surface area contributed by atoms with Crippen LogP contribution in [-0.4, -0.2) is 77.1 Å². The molecule has 0 amide bonds. The number of guanidine groups is 1. The summed E-state index contributed by atoms with van der Waals surface area (Å²) in [5.74, 6) is 2.54. The largest absolute Gasteiger partial charge is 0.493 e. The van der Waals surface area contributed by atoms with E-state index in [1.807, 2.05) is 36.4 Å². The molecule has 0 bridgehead atoms. The van der Waals surface area contributed by atoms with Crippen molar-refractivity contribution in [2.24, 2.45) is 4.99 Å². The molecule has 32 heavy (non-hydrogen) atoms. The van der Waals surface area contributed by atoms with E-state index >= 15 is 0 Å². The fraction of sp³-hybridized carbons (Fsp3) is 0.542. The highest BCUT2D eigenvalue weighted by atomic mass is 16.5. The summed E-state index contributed by atoms with van der Waals surface area (Å²) >= 11 is 0. The Morgan fingerprint density at radius 3 is 2.84 bits per heavy atom. The number of nitrogens with one attached hydrogen (secondary N) is 2. The normalized spacial score (nSPS) is 15.0.